The van der Waals surface area contributed by atoms with E-state index in [9.17, 15) is 9.59 Å². The fourth-order valence-corrected chi connectivity index (χ4v) is 4.01. The molecular weight excluding hydrogens is 326 g/mol. The quantitative estimate of drug-likeness (QED) is 0.814. The maximum atomic E-state index is 12.9. The van der Waals surface area contributed by atoms with Crippen LogP contribution >= 0.6 is 0 Å². The highest BCUT2D eigenvalue weighted by atomic mass is 16.2. The van der Waals surface area contributed by atoms with Crippen molar-refractivity contribution >= 4 is 17.5 Å². The van der Waals surface area contributed by atoms with Crippen molar-refractivity contribution in [3.05, 3.63) is 29.3 Å². The van der Waals surface area contributed by atoms with Gasteiger partial charge in [0.1, 0.15) is 0 Å². The highest BCUT2D eigenvalue weighted by Gasteiger charge is 2.37. The van der Waals surface area contributed by atoms with Crippen molar-refractivity contribution in [2.45, 2.75) is 40.0 Å². The summed E-state index contributed by atoms with van der Waals surface area (Å²) >= 11 is 0. The van der Waals surface area contributed by atoms with Crippen LogP contribution < -0.4 is 4.90 Å². The molecule has 2 heterocycles. The van der Waals surface area contributed by atoms with Gasteiger partial charge in [-0.25, -0.2) is 0 Å². The molecule has 5 heteroatoms. The topological polar surface area (TPSA) is 43.9 Å². The normalized spacial score (nSPS) is 20.8. The minimum atomic E-state index is -0.147. The summed E-state index contributed by atoms with van der Waals surface area (Å²) in [5, 5.41) is 0. The average Bonchev–Trinajstić information content (AvgIpc) is 3.02. The molecule has 1 aromatic rings. The first kappa shape index (κ1) is 18.7. The number of rotatable bonds is 5. The van der Waals surface area contributed by atoms with Crippen LogP contribution in [0.15, 0.2) is 18.2 Å². The molecule has 26 heavy (non-hydrogen) atoms. The zero-order valence-corrected chi connectivity index (χ0v) is 16.3. The smallest absolute Gasteiger partial charge is 0.228 e. The van der Waals surface area contributed by atoms with Crippen molar-refractivity contribution < 1.29 is 9.59 Å². The fourth-order valence-electron chi connectivity index (χ4n) is 4.01. The molecule has 3 rings (SSSR count). The molecule has 0 aliphatic carbocycles. The van der Waals surface area contributed by atoms with Crippen LogP contribution in [-0.2, 0) is 9.59 Å². The molecule has 5 nitrogen and oxygen atoms in total. The molecule has 0 spiro atoms. The number of piperazine rings is 1. The van der Waals surface area contributed by atoms with Gasteiger partial charge in [0, 0.05) is 51.4 Å². The van der Waals surface area contributed by atoms with Gasteiger partial charge < -0.3 is 14.7 Å². The van der Waals surface area contributed by atoms with Gasteiger partial charge in [0.05, 0.1) is 5.92 Å². The summed E-state index contributed by atoms with van der Waals surface area (Å²) < 4.78 is 0. The van der Waals surface area contributed by atoms with E-state index >= 15 is 0 Å². The monoisotopic (exact) mass is 357 g/mol. The van der Waals surface area contributed by atoms with E-state index in [0.717, 1.165) is 45.6 Å². The first-order chi connectivity index (χ1) is 12.5. The van der Waals surface area contributed by atoms with E-state index in [1.54, 1.807) is 0 Å². The molecule has 0 radical (unpaired) electrons. The van der Waals surface area contributed by atoms with E-state index in [2.05, 4.69) is 43.9 Å². The predicted octanol–water partition coefficient (Wildman–Crippen LogP) is 2.60. The zero-order chi connectivity index (χ0) is 18.7. The maximum absolute atomic E-state index is 12.9. The third kappa shape index (κ3) is 3.87. The van der Waals surface area contributed by atoms with Crippen LogP contribution in [0, 0.1) is 19.8 Å². The number of hydrogen-bond donors (Lipinski definition) is 0. The number of nitrogens with zero attached hydrogens (tertiary/aromatic N) is 3. The van der Waals surface area contributed by atoms with Gasteiger partial charge in [-0.2, -0.15) is 0 Å². The number of amides is 2. The molecular formula is C21H31N3O2. The highest BCUT2D eigenvalue weighted by Crippen LogP contribution is 2.25. The Bertz CT molecular complexity index is 665. The van der Waals surface area contributed by atoms with Gasteiger partial charge in [-0.1, -0.05) is 25.5 Å². The van der Waals surface area contributed by atoms with Gasteiger partial charge in [-0.05, 0) is 37.5 Å². The Morgan fingerprint density at radius 1 is 1.15 bits per heavy atom. The molecule has 1 atom stereocenters. The average molecular weight is 357 g/mol. The Labute approximate surface area is 156 Å². The lowest BCUT2D eigenvalue weighted by Crippen LogP contribution is -2.50. The number of aryl methyl sites for hydroxylation is 1. The van der Waals surface area contributed by atoms with Crippen molar-refractivity contribution in [2.24, 2.45) is 5.92 Å². The number of carbonyl (C=O) groups is 2. The van der Waals surface area contributed by atoms with Gasteiger partial charge in [-0.3, -0.25) is 9.59 Å². The summed E-state index contributed by atoms with van der Waals surface area (Å²) in [6.07, 6.45) is 2.48. The lowest BCUT2D eigenvalue weighted by molar-refractivity contribution is -0.136. The van der Waals surface area contributed by atoms with E-state index in [1.807, 2.05) is 9.80 Å². The summed E-state index contributed by atoms with van der Waals surface area (Å²) in [7, 11) is 0. The largest absolute Gasteiger partial charge is 0.368 e. The second-order valence-corrected chi connectivity index (χ2v) is 7.63. The molecule has 2 amide bonds. The van der Waals surface area contributed by atoms with Gasteiger partial charge in [0.15, 0.2) is 0 Å². The van der Waals surface area contributed by atoms with Gasteiger partial charge in [0.2, 0.25) is 11.8 Å². The molecule has 0 unspecified atom stereocenters. The second-order valence-electron chi connectivity index (χ2n) is 7.63. The molecule has 0 saturated carbocycles. The molecule has 1 aromatic carbocycles. The molecule has 0 N–H and O–H groups in total. The predicted molar refractivity (Wildman–Crippen MR) is 104 cm³/mol. The standard InChI is InChI=1S/C21H31N3O2/c1-4-5-9-24-15-18(14-20(24)25)21(26)23-12-10-22(11-13-23)19-8-6-7-16(2)17(19)3/h6-8,18H,4-5,9-15H2,1-3H3/t18-/m1/s1. The van der Waals surface area contributed by atoms with E-state index < -0.39 is 0 Å². The molecule has 0 bridgehead atoms. The fraction of sp³-hybridized carbons (Fsp3) is 0.619. The van der Waals surface area contributed by atoms with Crippen molar-refractivity contribution in [1.82, 2.24) is 9.80 Å². The summed E-state index contributed by atoms with van der Waals surface area (Å²) in [6, 6.07) is 6.41. The zero-order valence-electron chi connectivity index (χ0n) is 16.3. The van der Waals surface area contributed by atoms with Crippen molar-refractivity contribution in [3.8, 4) is 0 Å². The number of anilines is 1. The summed E-state index contributed by atoms with van der Waals surface area (Å²) in [5.74, 6) is 0.162. The van der Waals surface area contributed by atoms with Crippen molar-refractivity contribution in [3.63, 3.8) is 0 Å². The Morgan fingerprint density at radius 2 is 1.88 bits per heavy atom. The summed E-state index contributed by atoms with van der Waals surface area (Å²) in [4.78, 5) is 31.2. The molecule has 2 aliphatic heterocycles. The van der Waals surface area contributed by atoms with E-state index in [4.69, 9.17) is 0 Å². The Balaban J connectivity index is 1.56. The molecule has 0 aromatic heterocycles. The molecule has 2 aliphatic rings. The number of carbonyl (C=O) groups excluding carboxylic acids is 2. The third-order valence-electron chi connectivity index (χ3n) is 5.85. The molecule has 2 saturated heterocycles. The second kappa shape index (κ2) is 8.11. The van der Waals surface area contributed by atoms with Crippen LogP contribution in [0.2, 0.25) is 0 Å². The lowest BCUT2D eigenvalue weighted by Gasteiger charge is -2.38. The van der Waals surface area contributed by atoms with Crippen LogP contribution in [-0.4, -0.2) is 60.9 Å². The van der Waals surface area contributed by atoms with Crippen LogP contribution in [0.1, 0.15) is 37.3 Å². The minimum Gasteiger partial charge on any atom is -0.368 e. The number of hydrogen-bond acceptors (Lipinski definition) is 3. The van der Waals surface area contributed by atoms with Gasteiger partial charge >= 0.3 is 0 Å². The first-order valence-electron chi connectivity index (χ1n) is 9.89. The molecule has 2 fully saturated rings. The Kier molecular flexibility index (Phi) is 5.84. The van der Waals surface area contributed by atoms with Gasteiger partial charge in [0.25, 0.3) is 0 Å². The van der Waals surface area contributed by atoms with Crippen LogP contribution in [0.25, 0.3) is 0 Å². The third-order valence-corrected chi connectivity index (χ3v) is 5.85. The Hall–Kier alpha value is -2.04. The van der Waals surface area contributed by atoms with E-state index in [0.29, 0.717) is 13.0 Å². The lowest BCUT2D eigenvalue weighted by atomic mass is 10.1. The summed E-state index contributed by atoms with van der Waals surface area (Å²) in [6.45, 7) is 11.0. The van der Waals surface area contributed by atoms with Crippen LogP contribution in [0.4, 0.5) is 5.69 Å². The maximum Gasteiger partial charge on any atom is 0.228 e. The Morgan fingerprint density at radius 3 is 2.58 bits per heavy atom. The van der Waals surface area contributed by atoms with Gasteiger partial charge in [-0.15, -0.1) is 0 Å². The van der Waals surface area contributed by atoms with Crippen molar-refractivity contribution in [2.75, 3.05) is 44.2 Å². The van der Waals surface area contributed by atoms with E-state index in [-0.39, 0.29) is 17.7 Å². The number of likely N-dealkylation sites (tertiary alicyclic amines) is 1. The summed E-state index contributed by atoms with van der Waals surface area (Å²) in [5.41, 5.74) is 3.90. The minimum absolute atomic E-state index is 0.144. The van der Waals surface area contributed by atoms with Crippen LogP contribution in [0.5, 0.6) is 0 Å². The SMILES string of the molecule is CCCCN1C[C@H](C(=O)N2CCN(c3cccc(C)c3C)CC2)CC1=O. The van der Waals surface area contributed by atoms with Crippen molar-refractivity contribution in [1.29, 1.82) is 0 Å². The highest BCUT2D eigenvalue weighted by molar-refractivity contribution is 5.89. The number of unbranched alkanes of at least 4 members (excludes halogenated alkanes) is 1. The number of benzene rings is 1. The molecule has 142 valence electrons. The van der Waals surface area contributed by atoms with Crippen LogP contribution in [0.3, 0.4) is 0 Å². The first-order valence-corrected chi connectivity index (χ1v) is 9.89. The van der Waals surface area contributed by atoms with E-state index in [1.165, 1.54) is 16.8 Å².